The molecule has 0 unspecified atom stereocenters. The lowest BCUT2D eigenvalue weighted by Gasteiger charge is -2.33. The Kier molecular flexibility index (Phi) is 4.93. The molecule has 4 rings (SSSR count). The minimum Gasteiger partial charge on any atom is -0.375 e. The van der Waals surface area contributed by atoms with E-state index < -0.39 is 4.87 Å². The highest BCUT2D eigenvalue weighted by atomic mass is 32.2. The Morgan fingerprint density at radius 1 is 1.14 bits per heavy atom. The molecule has 5 nitrogen and oxygen atoms in total. The van der Waals surface area contributed by atoms with E-state index in [9.17, 15) is 9.59 Å². The Hall–Kier alpha value is -2.31. The van der Waals surface area contributed by atoms with E-state index in [1.807, 2.05) is 36.9 Å². The third-order valence-corrected chi connectivity index (χ3v) is 6.80. The van der Waals surface area contributed by atoms with Crippen molar-refractivity contribution in [2.75, 3.05) is 30.9 Å². The zero-order valence-corrected chi connectivity index (χ0v) is 17.2. The van der Waals surface area contributed by atoms with Crippen LogP contribution < -0.4 is 4.90 Å². The first kappa shape index (κ1) is 19.0. The minimum absolute atomic E-state index is 0.0191. The number of thioether (sulfide) groups is 1. The van der Waals surface area contributed by atoms with Gasteiger partial charge in [-0.25, -0.2) is 0 Å². The van der Waals surface area contributed by atoms with Crippen LogP contribution in [0, 0.1) is 13.8 Å². The van der Waals surface area contributed by atoms with Crippen LogP contribution in [0.4, 0.5) is 5.69 Å². The molecule has 2 aliphatic rings. The van der Waals surface area contributed by atoms with Gasteiger partial charge in [0, 0.05) is 25.0 Å². The number of hydrogen-bond acceptors (Lipinski definition) is 4. The molecule has 6 heteroatoms. The summed E-state index contributed by atoms with van der Waals surface area (Å²) < 4.78 is 5.07. The van der Waals surface area contributed by atoms with Crippen molar-refractivity contribution in [3.63, 3.8) is 0 Å². The molecule has 1 fully saturated rings. The molecule has 1 saturated heterocycles. The van der Waals surface area contributed by atoms with Crippen molar-refractivity contribution in [2.45, 2.75) is 25.3 Å². The molecule has 0 aromatic heterocycles. The standard InChI is InChI=1S/C22H24N2O3S/c1-15-4-7-17(8-5-15)13-23-19-9-6-16(2)12-18(19)22(21(23)26)24(10-11-28-22)20(25)14-27-3/h4-9,12H,10-11,13-14H2,1-3H3/t22-/m0/s1. The van der Waals surface area contributed by atoms with Crippen LogP contribution in [0.2, 0.25) is 0 Å². The first-order valence-corrected chi connectivity index (χ1v) is 10.4. The van der Waals surface area contributed by atoms with Gasteiger partial charge in [-0.1, -0.05) is 47.5 Å². The molecule has 2 aromatic carbocycles. The van der Waals surface area contributed by atoms with Gasteiger partial charge in [-0.2, -0.15) is 0 Å². The van der Waals surface area contributed by atoms with Gasteiger partial charge in [0.25, 0.3) is 5.91 Å². The summed E-state index contributed by atoms with van der Waals surface area (Å²) in [5.74, 6) is 0.540. The third kappa shape index (κ3) is 2.91. The molecule has 2 aromatic rings. The summed E-state index contributed by atoms with van der Waals surface area (Å²) in [5.41, 5.74) is 5.14. The highest BCUT2D eigenvalue weighted by Gasteiger charge is 2.59. The molecule has 0 bridgehead atoms. The fraction of sp³-hybridized carbons (Fsp3) is 0.364. The number of rotatable bonds is 4. The number of amides is 2. The zero-order valence-electron chi connectivity index (χ0n) is 16.4. The van der Waals surface area contributed by atoms with Crippen molar-refractivity contribution < 1.29 is 14.3 Å². The van der Waals surface area contributed by atoms with E-state index in [-0.39, 0.29) is 18.4 Å². The Morgan fingerprint density at radius 3 is 2.57 bits per heavy atom. The van der Waals surface area contributed by atoms with E-state index in [1.165, 1.54) is 12.7 Å². The lowest BCUT2D eigenvalue weighted by Crippen LogP contribution is -2.51. The van der Waals surface area contributed by atoms with Crippen LogP contribution in [0.3, 0.4) is 0 Å². The molecule has 146 valence electrons. The first-order chi connectivity index (χ1) is 13.5. The van der Waals surface area contributed by atoms with E-state index in [2.05, 4.69) is 24.3 Å². The molecule has 2 heterocycles. The second-order valence-corrected chi connectivity index (χ2v) is 8.66. The summed E-state index contributed by atoms with van der Waals surface area (Å²) in [5, 5.41) is 0. The molecule has 0 saturated carbocycles. The molecule has 1 atom stereocenters. The molecule has 0 radical (unpaired) electrons. The number of benzene rings is 2. The van der Waals surface area contributed by atoms with Crippen LogP contribution in [0.15, 0.2) is 42.5 Å². The lowest BCUT2D eigenvalue weighted by molar-refractivity contribution is -0.143. The van der Waals surface area contributed by atoms with Crippen LogP contribution in [-0.2, 0) is 25.7 Å². The second-order valence-electron chi connectivity index (χ2n) is 7.37. The van der Waals surface area contributed by atoms with Crippen LogP contribution in [-0.4, -0.2) is 42.7 Å². The van der Waals surface area contributed by atoms with Crippen molar-refractivity contribution >= 4 is 29.3 Å². The molecule has 2 aliphatic heterocycles. The number of carbonyl (C=O) groups excluding carboxylic acids is 2. The van der Waals surface area contributed by atoms with E-state index in [4.69, 9.17) is 4.74 Å². The van der Waals surface area contributed by atoms with Gasteiger partial charge in [-0.05, 0) is 25.5 Å². The van der Waals surface area contributed by atoms with Gasteiger partial charge in [0.1, 0.15) is 6.61 Å². The summed E-state index contributed by atoms with van der Waals surface area (Å²) in [7, 11) is 1.51. The van der Waals surface area contributed by atoms with Gasteiger partial charge < -0.3 is 14.5 Å². The fourth-order valence-electron chi connectivity index (χ4n) is 4.02. The monoisotopic (exact) mass is 396 g/mol. The van der Waals surface area contributed by atoms with E-state index in [0.717, 1.165) is 28.1 Å². The minimum atomic E-state index is -0.984. The predicted octanol–water partition coefficient (Wildman–Crippen LogP) is 3.22. The van der Waals surface area contributed by atoms with Crippen LogP contribution in [0.5, 0.6) is 0 Å². The highest BCUT2D eigenvalue weighted by Crippen LogP contribution is 2.54. The summed E-state index contributed by atoms with van der Waals surface area (Å²) in [6, 6.07) is 14.3. The molecular weight excluding hydrogens is 372 g/mol. The average Bonchev–Trinajstić information content (AvgIpc) is 3.21. The number of methoxy groups -OCH3 is 1. The Labute approximate surface area is 169 Å². The largest absolute Gasteiger partial charge is 0.375 e. The molecule has 0 aliphatic carbocycles. The number of ether oxygens (including phenoxy) is 1. The van der Waals surface area contributed by atoms with Crippen molar-refractivity contribution in [3.8, 4) is 0 Å². The number of nitrogens with zero attached hydrogens (tertiary/aromatic N) is 2. The van der Waals surface area contributed by atoms with Crippen LogP contribution in [0.25, 0.3) is 0 Å². The van der Waals surface area contributed by atoms with Crippen molar-refractivity contribution in [1.82, 2.24) is 4.90 Å². The van der Waals surface area contributed by atoms with Gasteiger partial charge in [-0.3, -0.25) is 9.59 Å². The Morgan fingerprint density at radius 2 is 1.86 bits per heavy atom. The third-order valence-electron chi connectivity index (χ3n) is 5.38. The highest BCUT2D eigenvalue weighted by molar-refractivity contribution is 8.01. The SMILES string of the molecule is COCC(=O)N1CCS[C@@]12C(=O)N(Cc1ccc(C)cc1)c1ccc(C)cc12. The quantitative estimate of drug-likeness (QED) is 0.796. The van der Waals surface area contributed by atoms with Gasteiger partial charge in [0.15, 0.2) is 4.87 Å². The number of fused-ring (bicyclic) bond motifs is 2. The molecule has 0 N–H and O–H groups in total. The number of anilines is 1. The van der Waals surface area contributed by atoms with Crippen LogP contribution in [0.1, 0.15) is 22.3 Å². The Balaban J connectivity index is 1.79. The van der Waals surface area contributed by atoms with E-state index in [1.54, 1.807) is 16.7 Å². The zero-order chi connectivity index (χ0) is 19.9. The topological polar surface area (TPSA) is 49.9 Å². The molecule has 2 amide bonds. The van der Waals surface area contributed by atoms with E-state index in [0.29, 0.717) is 13.1 Å². The first-order valence-electron chi connectivity index (χ1n) is 9.39. The number of aryl methyl sites for hydroxylation is 2. The maximum absolute atomic E-state index is 13.8. The lowest BCUT2D eigenvalue weighted by atomic mass is 10.0. The van der Waals surface area contributed by atoms with Gasteiger partial charge in [0.05, 0.1) is 12.2 Å². The smallest absolute Gasteiger partial charge is 0.268 e. The average molecular weight is 397 g/mol. The molecule has 28 heavy (non-hydrogen) atoms. The summed E-state index contributed by atoms with van der Waals surface area (Å²) in [6.45, 7) is 5.08. The second kappa shape index (κ2) is 7.26. The van der Waals surface area contributed by atoms with Crippen molar-refractivity contribution in [2.24, 2.45) is 0 Å². The summed E-state index contributed by atoms with van der Waals surface area (Å²) in [4.78, 5) is 29.1. The number of hydrogen-bond donors (Lipinski definition) is 0. The maximum Gasteiger partial charge on any atom is 0.268 e. The number of carbonyl (C=O) groups is 2. The van der Waals surface area contributed by atoms with Crippen molar-refractivity contribution in [1.29, 1.82) is 0 Å². The summed E-state index contributed by atoms with van der Waals surface area (Å²) in [6.07, 6.45) is 0. The molecular formula is C22H24N2O3S. The van der Waals surface area contributed by atoms with Crippen LogP contribution >= 0.6 is 11.8 Å². The normalized spacial score (nSPS) is 20.9. The fourth-order valence-corrected chi connectivity index (χ4v) is 5.49. The van der Waals surface area contributed by atoms with E-state index >= 15 is 0 Å². The maximum atomic E-state index is 13.8. The molecule has 1 spiro atoms. The summed E-state index contributed by atoms with van der Waals surface area (Å²) >= 11 is 1.55. The van der Waals surface area contributed by atoms with Gasteiger partial charge in [-0.15, -0.1) is 11.8 Å². The van der Waals surface area contributed by atoms with Crippen molar-refractivity contribution in [3.05, 3.63) is 64.7 Å². The predicted molar refractivity (Wildman–Crippen MR) is 111 cm³/mol. The van der Waals surface area contributed by atoms with Gasteiger partial charge >= 0.3 is 0 Å². The van der Waals surface area contributed by atoms with Gasteiger partial charge in [0.2, 0.25) is 5.91 Å². The Bertz CT molecular complexity index is 928.